The van der Waals surface area contributed by atoms with Crippen molar-refractivity contribution in [3.63, 3.8) is 0 Å². The zero-order chi connectivity index (χ0) is 13.1. The third-order valence-corrected chi connectivity index (χ3v) is 2.73. The van der Waals surface area contributed by atoms with Gasteiger partial charge in [0.25, 0.3) is 5.56 Å². The molecule has 0 fully saturated rings. The van der Waals surface area contributed by atoms with Crippen LogP contribution in [0.25, 0.3) is 0 Å². The number of benzene rings is 1. The molecule has 0 aliphatic carbocycles. The van der Waals surface area contributed by atoms with Crippen molar-refractivity contribution in [1.29, 1.82) is 5.26 Å². The van der Waals surface area contributed by atoms with Gasteiger partial charge in [0.2, 0.25) is 0 Å². The minimum absolute atomic E-state index is 0.0233. The third kappa shape index (κ3) is 2.23. The lowest BCUT2D eigenvalue weighted by atomic mass is 10.1. The first kappa shape index (κ1) is 11.9. The van der Waals surface area contributed by atoms with Crippen molar-refractivity contribution in [3.05, 3.63) is 57.1 Å². The Morgan fingerprint density at radius 3 is 2.78 bits per heavy atom. The average molecular weight is 240 g/mol. The zero-order valence-corrected chi connectivity index (χ0v) is 9.90. The van der Waals surface area contributed by atoms with Gasteiger partial charge in [-0.05, 0) is 18.1 Å². The molecule has 5 nitrogen and oxygen atoms in total. The summed E-state index contributed by atoms with van der Waals surface area (Å²) >= 11 is 0. The van der Waals surface area contributed by atoms with Crippen LogP contribution in [0.15, 0.2) is 29.1 Å². The number of aryl methyl sites for hydroxylation is 1. The molecule has 0 unspecified atom stereocenters. The lowest BCUT2D eigenvalue weighted by Gasteiger charge is -2.05. The Morgan fingerprint density at radius 2 is 2.17 bits per heavy atom. The molecule has 3 N–H and O–H groups in total. The highest BCUT2D eigenvalue weighted by molar-refractivity contribution is 5.46. The van der Waals surface area contributed by atoms with E-state index in [1.54, 1.807) is 6.07 Å². The number of nitrogens with one attached hydrogen (secondary N) is 1. The van der Waals surface area contributed by atoms with Crippen molar-refractivity contribution < 1.29 is 0 Å². The Bertz CT molecular complexity index is 682. The van der Waals surface area contributed by atoms with E-state index in [2.05, 4.69) is 9.97 Å². The predicted octanol–water partition coefficient (Wildman–Crippen LogP) is 1.12. The molecule has 0 aliphatic heterocycles. The van der Waals surface area contributed by atoms with E-state index in [0.29, 0.717) is 12.2 Å². The van der Waals surface area contributed by atoms with Crippen LogP contribution in [0.3, 0.4) is 0 Å². The maximum Gasteiger partial charge on any atom is 0.271 e. The Labute approximate surface area is 104 Å². The van der Waals surface area contributed by atoms with Gasteiger partial charge in [-0.2, -0.15) is 5.26 Å². The van der Waals surface area contributed by atoms with Crippen molar-refractivity contribution in [2.24, 2.45) is 0 Å². The van der Waals surface area contributed by atoms with E-state index in [1.165, 1.54) is 0 Å². The Hall–Kier alpha value is -2.61. The van der Waals surface area contributed by atoms with Crippen molar-refractivity contribution in [3.8, 4) is 6.07 Å². The number of aromatic amines is 1. The number of rotatable bonds is 2. The van der Waals surface area contributed by atoms with Crippen LogP contribution in [0.1, 0.15) is 22.5 Å². The van der Waals surface area contributed by atoms with E-state index >= 15 is 0 Å². The van der Waals surface area contributed by atoms with Crippen molar-refractivity contribution in [2.45, 2.75) is 13.3 Å². The molecule has 90 valence electrons. The van der Waals surface area contributed by atoms with Gasteiger partial charge in [-0.1, -0.05) is 24.3 Å². The molecule has 0 aliphatic rings. The summed E-state index contributed by atoms with van der Waals surface area (Å²) in [4.78, 5) is 18.2. The highest BCUT2D eigenvalue weighted by Gasteiger charge is 2.09. The summed E-state index contributed by atoms with van der Waals surface area (Å²) in [5, 5.41) is 8.73. The van der Waals surface area contributed by atoms with Crippen LogP contribution in [0.5, 0.6) is 0 Å². The molecule has 1 aromatic carbocycles. The van der Waals surface area contributed by atoms with E-state index in [0.717, 1.165) is 11.1 Å². The topological polar surface area (TPSA) is 95.6 Å². The quantitative estimate of drug-likeness (QED) is 0.822. The second kappa shape index (κ2) is 4.72. The number of hydrogen-bond donors (Lipinski definition) is 2. The lowest BCUT2D eigenvalue weighted by Crippen LogP contribution is -2.18. The number of anilines is 1. The zero-order valence-electron chi connectivity index (χ0n) is 9.90. The molecule has 5 heteroatoms. The maximum absolute atomic E-state index is 11.6. The molecule has 0 saturated carbocycles. The number of aromatic nitrogens is 2. The first-order valence-corrected chi connectivity index (χ1v) is 5.45. The SMILES string of the molecule is Cc1ccccc1Cc1nc(N)c(C#N)c(=O)[nH]1. The first-order valence-electron chi connectivity index (χ1n) is 5.45. The van der Waals surface area contributed by atoms with Crippen LogP contribution in [0, 0.1) is 18.3 Å². The molecule has 0 spiro atoms. The largest absolute Gasteiger partial charge is 0.382 e. The molecular weight excluding hydrogens is 228 g/mol. The second-order valence-electron chi connectivity index (χ2n) is 3.99. The standard InChI is InChI=1S/C13H12N4O/c1-8-4-2-3-5-9(8)6-11-16-12(15)10(7-14)13(18)17-11/h2-5H,6H2,1H3,(H3,15,16,17,18). The number of nitrogen functional groups attached to an aromatic ring is 1. The number of hydrogen-bond acceptors (Lipinski definition) is 4. The summed E-state index contributed by atoms with van der Waals surface area (Å²) in [6.07, 6.45) is 0.484. The van der Waals surface area contributed by atoms with E-state index < -0.39 is 5.56 Å². The van der Waals surface area contributed by atoms with Crippen molar-refractivity contribution >= 4 is 5.82 Å². The van der Waals surface area contributed by atoms with Crippen LogP contribution in [-0.4, -0.2) is 9.97 Å². The second-order valence-corrected chi connectivity index (χ2v) is 3.99. The number of nitrogens with two attached hydrogens (primary N) is 1. The summed E-state index contributed by atoms with van der Waals surface area (Å²) < 4.78 is 0. The number of H-pyrrole nitrogens is 1. The fourth-order valence-corrected chi connectivity index (χ4v) is 1.72. The van der Waals surface area contributed by atoms with Crippen molar-refractivity contribution in [2.75, 3.05) is 5.73 Å². The van der Waals surface area contributed by atoms with E-state index in [1.807, 2.05) is 31.2 Å². The molecule has 0 bridgehead atoms. The fourth-order valence-electron chi connectivity index (χ4n) is 1.72. The highest BCUT2D eigenvalue weighted by atomic mass is 16.1. The molecule has 0 saturated heterocycles. The molecule has 2 aromatic rings. The molecule has 1 aromatic heterocycles. The Morgan fingerprint density at radius 1 is 1.44 bits per heavy atom. The van der Waals surface area contributed by atoms with Crippen LogP contribution in [-0.2, 0) is 6.42 Å². The Kier molecular flexibility index (Phi) is 3.11. The van der Waals surface area contributed by atoms with E-state index in [4.69, 9.17) is 11.0 Å². The molecule has 18 heavy (non-hydrogen) atoms. The number of nitrogens with zero attached hydrogens (tertiary/aromatic N) is 2. The highest BCUT2D eigenvalue weighted by Crippen LogP contribution is 2.11. The van der Waals surface area contributed by atoms with Crippen LogP contribution in [0.2, 0.25) is 0 Å². The normalized spacial score (nSPS) is 10.0. The van der Waals surface area contributed by atoms with Crippen LogP contribution >= 0.6 is 0 Å². The van der Waals surface area contributed by atoms with Gasteiger partial charge in [-0.25, -0.2) is 4.98 Å². The smallest absolute Gasteiger partial charge is 0.271 e. The summed E-state index contributed by atoms with van der Waals surface area (Å²) in [5.74, 6) is 0.440. The summed E-state index contributed by atoms with van der Waals surface area (Å²) in [6.45, 7) is 1.99. The molecule has 0 atom stereocenters. The maximum atomic E-state index is 11.6. The molecule has 1 heterocycles. The Balaban J connectivity index is 2.41. The molecule has 0 radical (unpaired) electrons. The molecular formula is C13H12N4O. The lowest BCUT2D eigenvalue weighted by molar-refractivity contribution is 0.940. The summed E-state index contributed by atoms with van der Waals surface area (Å²) in [6, 6.07) is 9.55. The monoisotopic (exact) mass is 240 g/mol. The summed E-state index contributed by atoms with van der Waals surface area (Å²) in [5.41, 5.74) is 7.12. The summed E-state index contributed by atoms with van der Waals surface area (Å²) in [7, 11) is 0. The van der Waals surface area contributed by atoms with E-state index in [-0.39, 0.29) is 11.4 Å². The van der Waals surface area contributed by atoms with Crippen LogP contribution < -0.4 is 11.3 Å². The molecule has 2 rings (SSSR count). The van der Waals surface area contributed by atoms with Gasteiger partial charge in [0.15, 0.2) is 5.56 Å². The van der Waals surface area contributed by atoms with Gasteiger partial charge in [-0.3, -0.25) is 4.79 Å². The van der Waals surface area contributed by atoms with Crippen molar-refractivity contribution in [1.82, 2.24) is 9.97 Å². The molecule has 0 amide bonds. The van der Waals surface area contributed by atoms with Gasteiger partial charge in [0, 0.05) is 6.42 Å². The number of nitriles is 1. The van der Waals surface area contributed by atoms with Gasteiger partial charge in [0.1, 0.15) is 17.7 Å². The van der Waals surface area contributed by atoms with Crippen LogP contribution in [0.4, 0.5) is 5.82 Å². The van der Waals surface area contributed by atoms with Gasteiger partial charge < -0.3 is 10.7 Å². The average Bonchev–Trinajstić information content (AvgIpc) is 2.32. The predicted molar refractivity (Wildman–Crippen MR) is 68.0 cm³/mol. The minimum Gasteiger partial charge on any atom is -0.382 e. The van der Waals surface area contributed by atoms with Gasteiger partial charge >= 0.3 is 0 Å². The first-order chi connectivity index (χ1) is 8.61. The van der Waals surface area contributed by atoms with Gasteiger partial charge in [-0.15, -0.1) is 0 Å². The van der Waals surface area contributed by atoms with Gasteiger partial charge in [0.05, 0.1) is 0 Å². The fraction of sp³-hybridized carbons (Fsp3) is 0.154. The minimum atomic E-state index is -0.492. The third-order valence-electron chi connectivity index (χ3n) is 2.73. The van der Waals surface area contributed by atoms with E-state index in [9.17, 15) is 4.79 Å².